The van der Waals surface area contributed by atoms with Crippen LogP contribution in [-0.4, -0.2) is 56.9 Å². The second kappa shape index (κ2) is 7.03. The predicted octanol–water partition coefficient (Wildman–Crippen LogP) is 4.05. The van der Waals surface area contributed by atoms with E-state index in [0.29, 0.717) is 23.8 Å². The lowest BCUT2D eigenvalue weighted by Gasteiger charge is -2.44. The molecule has 2 atom stereocenters. The Balaban J connectivity index is 1.82. The van der Waals surface area contributed by atoms with Gasteiger partial charge in [0.1, 0.15) is 15.1 Å². The van der Waals surface area contributed by atoms with Crippen LogP contribution in [0.1, 0.15) is 34.6 Å². The molecule has 0 unspecified atom stereocenters. The third kappa shape index (κ3) is 3.85. The van der Waals surface area contributed by atoms with Crippen molar-refractivity contribution in [1.29, 1.82) is 0 Å². The number of amides is 1. The Morgan fingerprint density at radius 1 is 1.35 bits per heavy atom. The fourth-order valence-electron chi connectivity index (χ4n) is 3.28. The molecule has 9 heteroatoms. The number of aromatic amines is 1. The van der Waals surface area contributed by atoms with Crippen molar-refractivity contribution in [1.82, 2.24) is 20.1 Å². The minimum Gasteiger partial charge on any atom is -0.444 e. The highest BCUT2D eigenvalue weighted by Gasteiger charge is 2.36. The first-order valence-corrected chi connectivity index (χ1v) is 9.99. The lowest BCUT2D eigenvalue weighted by Crippen LogP contribution is -2.59. The van der Waals surface area contributed by atoms with E-state index >= 15 is 0 Å². The number of anilines is 1. The molecule has 3 heterocycles. The number of H-pyrrole nitrogens is 1. The zero-order valence-electron chi connectivity index (χ0n) is 15.5. The Labute approximate surface area is 171 Å². The van der Waals surface area contributed by atoms with E-state index in [1.165, 1.54) is 0 Å². The molecular weight excluding hydrogens is 469 g/mol. The number of rotatable bonds is 1. The van der Waals surface area contributed by atoms with Crippen molar-refractivity contribution in [3.05, 3.63) is 14.8 Å². The summed E-state index contributed by atoms with van der Waals surface area (Å²) in [7, 11) is 0. The summed E-state index contributed by atoms with van der Waals surface area (Å²) in [6.45, 7) is 11.0. The Hall–Kier alpha value is -1.29. The van der Waals surface area contributed by atoms with E-state index in [0.717, 1.165) is 14.9 Å². The van der Waals surface area contributed by atoms with Crippen LogP contribution in [0.25, 0.3) is 11.0 Å². The molecule has 1 N–H and O–H groups in total. The number of hydrogen-bond acceptors (Lipinski definition) is 5. The molecule has 0 aliphatic carbocycles. The lowest BCUT2D eigenvalue weighted by molar-refractivity contribution is 0.00561. The van der Waals surface area contributed by atoms with Crippen molar-refractivity contribution in [3.63, 3.8) is 0 Å². The molecule has 0 spiro atoms. The Morgan fingerprint density at radius 2 is 1.96 bits per heavy atom. The molecule has 0 radical (unpaired) electrons. The van der Waals surface area contributed by atoms with Gasteiger partial charge in [-0.1, -0.05) is 11.6 Å². The molecule has 7 nitrogen and oxygen atoms in total. The molecule has 1 aliphatic heterocycles. The van der Waals surface area contributed by atoms with Crippen molar-refractivity contribution < 1.29 is 9.53 Å². The van der Waals surface area contributed by atoms with Gasteiger partial charge in [-0.25, -0.2) is 9.78 Å². The van der Waals surface area contributed by atoms with Gasteiger partial charge in [-0.05, 0) is 57.2 Å². The van der Waals surface area contributed by atoms with Crippen LogP contribution in [0.4, 0.5) is 10.6 Å². The Bertz CT molecular complexity index is 822. The summed E-state index contributed by atoms with van der Waals surface area (Å²) in [5.74, 6) is 0.782. The van der Waals surface area contributed by atoms with Crippen LogP contribution in [0, 0.1) is 3.70 Å². The minimum absolute atomic E-state index is 0.00762. The molecule has 3 rings (SSSR count). The first-order valence-electron chi connectivity index (χ1n) is 8.53. The van der Waals surface area contributed by atoms with E-state index in [4.69, 9.17) is 16.3 Å². The van der Waals surface area contributed by atoms with Crippen LogP contribution < -0.4 is 4.90 Å². The van der Waals surface area contributed by atoms with Gasteiger partial charge in [0.2, 0.25) is 0 Å². The quantitative estimate of drug-likeness (QED) is 0.609. The van der Waals surface area contributed by atoms with Crippen LogP contribution in [0.3, 0.4) is 0 Å². The molecule has 1 fully saturated rings. The monoisotopic (exact) mass is 491 g/mol. The molecule has 1 saturated heterocycles. The predicted molar refractivity (Wildman–Crippen MR) is 111 cm³/mol. The maximum atomic E-state index is 12.5. The largest absolute Gasteiger partial charge is 0.444 e. The molecule has 1 aliphatic rings. The average molecular weight is 492 g/mol. The number of halogens is 2. The summed E-state index contributed by atoms with van der Waals surface area (Å²) in [5, 5.41) is 8.55. The summed E-state index contributed by atoms with van der Waals surface area (Å²) in [6.07, 6.45) is -0.276. The fourth-order valence-corrected chi connectivity index (χ4v) is 4.39. The molecule has 1 amide bonds. The zero-order chi connectivity index (χ0) is 19.2. The molecule has 2 aromatic heterocycles. The van der Waals surface area contributed by atoms with Crippen molar-refractivity contribution >= 4 is 57.1 Å². The van der Waals surface area contributed by atoms with Gasteiger partial charge in [0.05, 0.1) is 22.5 Å². The number of nitrogens with one attached hydrogen (secondary N) is 1. The molecular formula is C17H23ClIN5O2. The van der Waals surface area contributed by atoms with Gasteiger partial charge in [-0.3, -0.25) is 10.00 Å². The summed E-state index contributed by atoms with van der Waals surface area (Å²) >= 11 is 8.57. The first kappa shape index (κ1) is 19.5. The van der Waals surface area contributed by atoms with Crippen molar-refractivity contribution in [2.75, 3.05) is 18.0 Å². The minimum atomic E-state index is -0.508. The van der Waals surface area contributed by atoms with Gasteiger partial charge < -0.3 is 9.64 Å². The SMILES string of the molecule is C[C@@H]1CN(c2cc(Cl)c3c(I)n[nH]c3n2)C[C@@H](C)N1C(=O)OC(C)(C)C. The van der Waals surface area contributed by atoms with Crippen molar-refractivity contribution in [3.8, 4) is 0 Å². The molecule has 26 heavy (non-hydrogen) atoms. The van der Waals surface area contributed by atoms with Gasteiger partial charge in [-0.2, -0.15) is 5.10 Å². The van der Waals surface area contributed by atoms with E-state index in [1.807, 2.05) is 40.7 Å². The zero-order valence-corrected chi connectivity index (χ0v) is 18.4. The molecule has 0 saturated carbocycles. The second-order valence-corrected chi connectivity index (χ2v) is 9.12. The van der Waals surface area contributed by atoms with Gasteiger partial charge >= 0.3 is 6.09 Å². The van der Waals surface area contributed by atoms with E-state index in [9.17, 15) is 4.79 Å². The van der Waals surface area contributed by atoms with Crippen LogP contribution in [-0.2, 0) is 4.74 Å². The van der Waals surface area contributed by atoms with E-state index in [1.54, 1.807) is 4.90 Å². The number of fused-ring (bicyclic) bond motifs is 1. The van der Waals surface area contributed by atoms with E-state index < -0.39 is 5.60 Å². The number of pyridine rings is 1. The van der Waals surface area contributed by atoms with Crippen molar-refractivity contribution in [2.24, 2.45) is 0 Å². The van der Waals surface area contributed by atoms with Crippen molar-refractivity contribution in [2.45, 2.75) is 52.3 Å². The van der Waals surface area contributed by atoms with Gasteiger partial charge in [0.15, 0.2) is 5.65 Å². The van der Waals surface area contributed by atoms with Crippen LogP contribution in [0.15, 0.2) is 6.07 Å². The number of ether oxygens (including phenoxy) is 1. The van der Waals surface area contributed by atoms with E-state index in [2.05, 4.69) is 42.7 Å². The second-order valence-electron chi connectivity index (χ2n) is 7.69. The molecule has 0 bridgehead atoms. The van der Waals surface area contributed by atoms with E-state index in [-0.39, 0.29) is 18.2 Å². The summed E-state index contributed by atoms with van der Waals surface area (Å²) in [4.78, 5) is 21.2. The normalized spacial score (nSPS) is 21.3. The number of piperazine rings is 1. The van der Waals surface area contributed by atoms with Gasteiger partial charge in [0.25, 0.3) is 0 Å². The summed E-state index contributed by atoms with van der Waals surface area (Å²) < 4.78 is 6.36. The Kier molecular flexibility index (Phi) is 5.26. The number of hydrogen-bond donors (Lipinski definition) is 1. The molecule has 2 aromatic rings. The van der Waals surface area contributed by atoms with Crippen LogP contribution in [0.2, 0.25) is 5.02 Å². The highest BCUT2D eigenvalue weighted by atomic mass is 127. The third-order valence-electron chi connectivity index (χ3n) is 4.27. The molecule has 142 valence electrons. The lowest BCUT2D eigenvalue weighted by atomic mass is 10.1. The standard InChI is InChI=1S/C17H23ClIN5O2/c1-9-7-23(8-10(2)24(9)16(25)26-17(3,4)5)12-6-11(18)13-14(19)21-22-15(13)20-12/h6,9-10H,7-8H2,1-5H3,(H,20,21,22)/t9-,10-/m1/s1. The third-order valence-corrected chi connectivity index (χ3v) is 5.35. The maximum absolute atomic E-state index is 12.5. The summed E-state index contributed by atoms with van der Waals surface area (Å²) in [6, 6.07) is 1.85. The fraction of sp³-hybridized carbons (Fsp3) is 0.588. The first-order chi connectivity index (χ1) is 12.1. The van der Waals surface area contributed by atoms with Crippen LogP contribution >= 0.6 is 34.2 Å². The number of carbonyl (C=O) groups is 1. The highest BCUT2D eigenvalue weighted by molar-refractivity contribution is 14.1. The number of nitrogens with zero attached hydrogens (tertiary/aromatic N) is 4. The van der Waals surface area contributed by atoms with Gasteiger partial charge in [-0.15, -0.1) is 0 Å². The topological polar surface area (TPSA) is 74.4 Å². The number of carbonyl (C=O) groups excluding carboxylic acids is 1. The average Bonchev–Trinajstić information content (AvgIpc) is 2.86. The smallest absolute Gasteiger partial charge is 0.410 e. The van der Waals surface area contributed by atoms with Crippen LogP contribution in [0.5, 0.6) is 0 Å². The highest BCUT2D eigenvalue weighted by Crippen LogP contribution is 2.31. The Morgan fingerprint density at radius 3 is 2.54 bits per heavy atom. The van der Waals surface area contributed by atoms with Gasteiger partial charge in [0, 0.05) is 19.2 Å². The maximum Gasteiger partial charge on any atom is 0.410 e. The number of aromatic nitrogens is 3. The summed E-state index contributed by atoms with van der Waals surface area (Å²) in [5.41, 5.74) is 0.165. The molecule has 0 aromatic carbocycles.